The molecule has 0 bridgehead atoms. The molecule has 1 aromatic carbocycles. The average molecular weight is 481 g/mol. The molecule has 1 aliphatic rings. The van der Waals surface area contributed by atoms with E-state index in [-0.39, 0.29) is 6.61 Å². The van der Waals surface area contributed by atoms with Crippen molar-refractivity contribution in [3.8, 4) is 17.7 Å². The Balaban J connectivity index is 1.91. The van der Waals surface area contributed by atoms with Gasteiger partial charge in [0.1, 0.15) is 12.4 Å². The van der Waals surface area contributed by atoms with Crippen LogP contribution >= 0.6 is 22.9 Å². The number of fused-ring (bicyclic) bond motifs is 1. The Kier molecular flexibility index (Phi) is 6.27. The van der Waals surface area contributed by atoms with Gasteiger partial charge in [-0.2, -0.15) is 5.26 Å². The molecular weight excluding hydrogens is 460 g/mol. The van der Waals surface area contributed by atoms with Crippen LogP contribution in [0.1, 0.15) is 40.0 Å². The lowest BCUT2D eigenvalue weighted by atomic mass is 9.79. The molecule has 2 aromatic heterocycles. The molecule has 1 amide bonds. The number of nitriles is 1. The quantitative estimate of drug-likeness (QED) is 0.520. The number of ether oxygens (including phenoxy) is 2. The topological polar surface area (TPSA) is 110 Å². The van der Waals surface area contributed by atoms with E-state index in [1.165, 1.54) is 18.4 Å². The number of rotatable bonds is 6. The molecule has 0 radical (unpaired) electrons. The first kappa shape index (κ1) is 22.6. The molecule has 0 saturated heterocycles. The number of primary amides is 1. The number of aryl methyl sites for hydroxylation is 1. The van der Waals surface area contributed by atoms with E-state index in [0.29, 0.717) is 43.9 Å². The number of carbonyl (C=O) groups is 1. The van der Waals surface area contributed by atoms with Crippen molar-refractivity contribution in [3.05, 3.63) is 79.3 Å². The SMILES string of the molecule is COc1cc(C#N)ccc1[C@@H]1C(C(N)=O)=C(C)Nc2c(C)cnc(OCc3ccc(Cl)s3)c21. The molecule has 168 valence electrons. The lowest BCUT2D eigenvalue weighted by molar-refractivity contribution is -0.114. The lowest BCUT2D eigenvalue weighted by Crippen LogP contribution is -2.28. The van der Waals surface area contributed by atoms with Crippen LogP contribution in [0.5, 0.6) is 11.6 Å². The maximum Gasteiger partial charge on any atom is 0.247 e. The van der Waals surface area contributed by atoms with Gasteiger partial charge in [0.25, 0.3) is 0 Å². The third-order valence-corrected chi connectivity index (χ3v) is 6.69. The molecule has 0 fully saturated rings. The van der Waals surface area contributed by atoms with Crippen LogP contribution < -0.4 is 20.5 Å². The number of anilines is 1. The Morgan fingerprint density at radius 2 is 2.12 bits per heavy atom. The number of pyridine rings is 1. The van der Waals surface area contributed by atoms with Gasteiger partial charge in [0, 0.05) is 27.9 Å². The minimum absolute atomic E-state index is 0.270. The van der Waals surface area contributed by atoms with Gasteiger partial charge in [-0.25, -0.2) is 4.98 Å². The number of thiophene rings is 1. The fraction of sp³-hybridized carbons (Fsp3) is 0.208. The van der Waals surface area contributed by atoms with E-state index in [1.807, 2.05) is 19.1 Å². The molecule has 0 aliphatic carbocycles. The summed E-state index contributed by atoms with van der Waals surface area (Å²) < 4.78 is 12.4. The Morgan fingerprint density at radius 1 is 1.33 bits per heavy atom. The Labute approximate surface area is 200 Å². The van der Waals surface area contributed by atoms with Gasteiger partial charge in [-0.05, 0) is 43.7 Å². The maximum absolute atomic E-state index is 12.6. The van der Waals surface area contributed by atoms with Gasteiger partial charge in [0.15, 0.2) is 0 Å². The minimum Gasteiger partial charge on any atom is -0.496 e. The number of hydrogen-bond acceptors (Lipinski definition) is 7. The van der Waals surface area contributed by atoms with Crippen molar-refractivity contribution in [1.82, 2.24) is 4.98 Å². The van der Waals surface area contributed by atoms with Crippen LogP contribution in [0.15, 0.2) is 47.8 Å². The van der Waals surface area contributed by atoms with Crippen LogP contribution in [0.3, 0.4) is 0 Å². The van der Waals surface area contributed by atoms with E-state index in [0.717, 1.165) is 16.1 Å². The van der Waals surface area contributed by atoms with Crippen molar-refractivity contribution in [2.75, 3.05) is 12.4 Å². The van der Waals surface area contributed by atoms with Crippen molar-refractivity contribution >= 4 is 34.5 Å². The van der Waals surface area contributed by atoms with E-state index in [4.69, 9.17) is 26.8 Å². The largest absolute Gasteiger partial charge is 0.496 e. The first-order valence-electron chi connectivity index (χ1n) is 10.1. The first-order chi connectivity index (χ1) is 15.8. The summed E-state index contributed by atoms with van der Waals surface area (Å²) in [6.07, 6.45) is 1.72. The van der Waals surface area contributed by atoms with Crippen LogP contribution in [0, 0.1) is 18.3 Å². The summed E-state index contributed by atoms with van der Waals surface area (Å²) in [5, 5.41) is 12.6. The highest BCUT2D eigenvalue weighted by molar-refractivity contribution is 7.16. The Bertz CT molecular complexity index is 1330. The number of allylic oxidation sites excluding steroid dienone is 1. The molecule has 1 aliphatic heterocycles. The summed E-state index contributed by atoms with van der Waals surface area (Å²) in [7, 11) is 1.52. The van der Waals surface area contributed by atoms with Crippen molar-refractivity contribution in [3.63, 3.8) is 0 Å². The number of amides is 1. The summed E-state index contributed by atoms with van der Waals surface area (Å²) in [5.74, 6) is -0.332. The number of benzene rings is 1. The van der Waals surface area contributed by atoms with E-state index < -0.39 is 11.8 Å². The van der Waals surface area contributed by atoms with Crippen LogP contribution in [-0.2, 0) is 11.4 Å². The maximum atomic E-state index is 12.6. The van der Waals surface area contributed by atoms with Crippen LogP contribution in [0.4, 0.5) is 5.69 Å². The highest BCUT2D eigenvalue weighted by Crippen LogP contribution is 2.49. The molecule has 33 heavy (non-hydrogen) atoms. The Morgan fingerprint density at radius 3 is 2.76 bits per heavy atom. The predicted octanol–water partition coefficient (Wildman–Crippen LogP) is 4.88. The van der Waals surface area contributed by atoms with Crippen LogP contribution in [0.25, 0.3) is 0 Å². The number of nitrogens with one attached hydrogen (secondary N) is 1. The fourth-order valence-corrected chi connectivity index (χ4v) is 5.00. The monoisotopic (exact) mass is 480 g/mol. The molecule has 0 unspecified atom stereocenters. The van der Waals surface area contributed by atoms with Crippen LogP contribution in [-0.4, -0.2) is 18.0 Å². The number of carbonyl (C=O) groups excluding carboxylic acids is 1. The summed E-state index contributed by atoms with van der Waals surface area (Å²) >= 11 is 7.48. The second kappa shape index (κ2) is 9.14. The normalized spacial score (nSPS) is 14.8. The first-order valence-corrected chi connectivity index (χ1v) is 11.3. The minimum atomic E-state index is -0.601. The number of methoxy groups -OCH3 is 1. The second-order valence-corrected chi connectivity index (χ2v) is 9.36. The van der Waals surface area contributed by atoms with Crippen LogP contribution in [0.2, 0.25) is 4.34 Å². The molecule has 1 atom stereocenters. The van der Waals surface area contributed by atoms with E-state index >= 15 is 0 Å². The zero-order chi connectivity index (χ0) is 23.7. The van der Waals surface area contributed by atoms with Gasteiger partial charge in [0.05, 0.1) is 40.2 Å². The van der Waals surface area contributed by atoms with Gasteiger partial charge in [-0.3, -0.25) is 4.79 Å². The van der Waals surface area contributed by atoms with Crippen molar-refractivity contribution in [1.29, 1.82) is 5.26 Å². The molecule has 0 spiro atoms. The molecule has 3 aromatic rings. The second-order valence-electron chi connectivity index (χ2n) is 7.56. The zero-order valence-electron chi connectivity index (χ0n) is 18.2. The van der Waals surface area contributed by atoms with Gasteiger partial charge in [0.2, 0.25) is 11.8 Å². The molecule has 9 heteroatoms. The summed E-state index contributed by atoms with van der Waals surface area (Å²) in [5.41, 5.74) is 10.3. The van der Waals surface area contributed by atoms with Gasteiger partial charge < -0.3 is 20.5 Å². The van der Waals surface area contributed by atoms with Crippen molar-refractivity contribution in [2.45, 2.75) is 26.4 Å². The Hall–Kier alpha value is -3.54. The lowest BCUT2D eigenvalue weighted by Gasteiger charge is -2.32. The van der Waals surface area contributed by atoms with E-state index in [1.54, 1.807) is 31.3 Å². The molecule has 3 heterocycles. The van der Waals surface area contributed by atoms with Crippen molar-refractivity contribution in [2.24, 2.45) is 5.73 Å². The highest BCUT2D eigenvalue weighted by Gasteiger charge is 2.37. The highest BCUT2D eigenvalue weighted by atomic mass is 35.5. The standard InChI is InChI=1S/C24H21ClN4O3S/c1-12-10-28-24(32-11-15-5-7-18(25)33-15)21-20(19(23(27)30)13(2)29-22(12)21)16-6-4-14(9-26)8-17(16)31-3/h4-8,10,20,29H,11H2,1-3H3,(H2,27,30)/t20-/m1/s1. The summed E-state index contributed by atoms with van der Waals surface area (Å²) in [6, 6.07) is 10.9. The molecule has 3 N–H and O–H groups in total. The fourth-order valence-electron chi connectivity index (χ4n) is 4.00. The number of aromatic nitrogens is 1. The average Bonchev–Trinajstić information content (AvgIpc) is 3.22. The van der Waals surface area contributed by atoms with Gasteiger partial charge >= 0.3 is 0 Å². The molecule has 7 nitrogen and oxygen atoms in total. The number of halogens is 1. The molecular formula is C24H21ClN4O3S. The third kappa shape index (κ3) is 4.25. The third-order valence-electron chi connectivity index (χ3n) is 5.48. The number of hydrogen-bond donors (Lipinski definition) is 2. The van der Waals surface area contributed by atoms with E-state index in [9.17, 15) is 10.1 Å². The number of nitrogens with two attached hydrogens (primary N) is 1. The molecule has 0 saturated carbocycles. The predicted molar refractivity (Wildman–Crippen MR) is 128 cm³/mol. The number of nitrogens with zero attached hydrogens (tertiary/aromatic N) is 2. The molecule has 4 rings (SSSR count). The smallest absolute Gasteiger partial charge is 0.247 e. The summed E-state index contributed by atoms with van der Waals surface area (Å²) in [4.78, 5) is 18.1. The van der Waals surface area contributed by atoms with E-state index in [2.05, 4.69) is 16.4 Å². The zero-order valence-corrected chi connectivity index (χ0v) is 19.8. The van der Waals surface area contributed by atoms with Gasteiger partial charge in [-0.15, -0.1) is 11.3 Å². The summed E-state index contributed by atoms with van der Waals surface area (Å²) in [6.45, 7) is 4.00. The van der Waals surface area contributed by atoms with Gasteiger partial charge in [-0.1, -0.05) is 17.7 Å². The van der Waals surface area contributed by atoms with Crippen molar-refractivity contribution < 1.29 is 14.3 Å².